The molecule has 3 rings (SSSR count). The van der Waals surface area contributed by atoms with Crippen molar-refractivity contribution in [1.82, 2.24) is 9.78 Å². The molecule has 0 unspecified atom stereocenters. The van der Waals surface area contributed by atoms with Crippen LogP contribution in [-0.4, -0.2) is 15.6 Å². The Bertz CT molecular complexity index is 760. The Morgan fingerprint density at radius 3 is 2.62 bits per heavy atom. The second kappa shape index (κ2) is 5.75. The minimum Gasteiger partial charge on any atom is -0.288 e. The van der Waals surface area contributed by atoms with Crippen LogP contribution in [0.15, 0.2) is 67.0 Å². The van der Waals surface area contributed by atoms with Crippen molar-refractivity contribution in [3.63, 3.8) is 0 Å². The number of carbonyl (C=O) groups excluding carboxylic acids is 1. The van der Waals surface area contributed by atoms with Gasteiger partial charge in [-0.15, -0.1) is 0 Å². The zero-order chi connectivity index (χ0) is 14.7. The summed E-state index contributed by atoms with van der Waals surface area (Å²) in [5.41, 5.74) is 3.42. The fraction of sp³-hybridized carbons (Fsp3) is 0.111. The van der Waals surface area contributed by atoms with E-state index in [0.717, 1.165) is 17.7 Å². The molecule has 0 radical (unpaired) electrons. The maximum absolute atomic E-state index is 12.5. The molecule has 0 N–H and O–H groups in total. The molecule has 3 aromatic rings. The van der Waals surface area contributed by atoms with Gasteiger partial charge in [0.2, 0.25) is 0 Å². The van der Waals surface area contributed by atoms with Crippen molar-refractivity contribution in [3.05, 3.63) is 83.7 Å². The normalized spacial score (nSPS) is 10.5. The molecule has 1 aromatic heterocycles. The smallest absolute Gasteiger partial charge is 0.196 e. The van der Waals surface area contributed by atoms with Crippen molar-refractivity contribution in [1.29, 1.82) is 0 Å². The molecule has 0 bridgehead atoms. The third-order valence-electron chi connectivity index (χ3n) is 3.46. The Morgan fingerprint density at radius 2 is 1.86 bits per heavy atom. The zero-order valence-corrected chi connectivity index (χ0v) is 11.9. The third-order valence-corrected chi connectivity index (χ3v) is 3.46. The lowest BCUT2D eigenvalue weighted by atomic mass is 10.0. The van der Waals surface area contributed by atoms with Crippen molar-refractivity contribution < 1.29 is 4.79 Å². The Labute approximate surface area is 123 Å². The number of hydrogen-bond donors (Lipinski definition) is 0. The van der Waals surface area contributed by atoms with Gasteiger partial charge in [-0.2, -0.15) is 5.10 Å². The quantitative estimate of drug-likeness (QED) is 0.681. The molecule has 21 heavy (non-hydrogen) atoms. The van der Waals surface area contributed by atoms with E-state index in [-0.39, 0.29) is 5.78 Å². The van der Waals surface area contributed by atoms with E-state index in [9.17, 15) is 4.79 Å². The first-order valence-electron chi connectivity index (χ1n) is 7.01. The number of aromatic nitrogens is 2. The molecule has 104 valence electrons. The Balaban J connectivity index is 1.91. The summed E-state index contributed by atoms with van der Waals surface area (Å²) in [5, 5.41) is 4.27. The van der Waals surface area contributed by atoms with Crippen molar-refractivity contribution in [3.8, 4) is 5.69 Å². The largest absolute Gasteiger partial charge is 0.288 e. The summed E-state index contributed by atoms with van der Waals surface area (Å²) in [4.78, 5) is 12.5. The molecule has 3 heteroatoms. The van der Waals surface area contributed by atoms with Crippen LogP contribution in [0, 0.1) is 0 Å². The maximum atomic E-state index is 12.5. The molecule has 0 saturated carbocycles. The molecule has 0 fully saturated rings. The van der Waals surface area contributed by atoms with Gasteiger partial charge in [-0.3, -0.25) is 4.79 Å². The van der Waals surface area contributed by atoms with E-state index in [1.54, 1.807) is 17.1 Å². The fourth-order valence-electron chi connectivity index (χ4n) is 2.26. The molecular formula is C18H16N2O. The second-order valence-electron chi connectivity index (χ2n) is 4.89. The van der Waals surface area contributed by atoms with E-state index >= 15 is 0 Å². The molecule has 0 aliphatic heterocycles. The summed E-state index contributed by atoms with van der Waals surface area (Å²) in [6.07, 6.45) is 4.31. The SMILES string of the molecule is CCc1cccc(C(=O)c2cnn(-c3ccccc3)c2)c1. The fourth-order valence-corrected chi connectivity index (χ4v) is 2.26. The Hall–Kier alpha value is -2.68. The average Bonchev–Trinajstić information content (AvgIpc) is 3.05. The highest BCUT2D eigenvalue weighted by Crippen LogP contribution is 2.14. The minimum atomic E-state index is 0.00693. The van der Waals surface area contributed by atoms with Crippen LogP contribution in [0.3, 0.4) is 0 Å². The molecule has 2 aromatic carbocycles. The first kappa shape index (κ1) is 13.3. The van der Waals surface area contributed by atoms with Gasteiger partial charge >= 0.3 is 0 Å². The number of rotatable bonds is 4. The second-order valence-corrected chi connectivity index (χ2v) is 4.89. The van der Waals surface area contributed by atoms with Gasteiger partial charge in [-0.05, 0) is 30.2 Å². The number of hydrogen-bond acceptors (Lipinski definition) is 2. The highest BCUT2D eigenvalue weighted by atomic mass is 16.1. The van der Waals surface area contributed by atoms with Gasteiger partial charge < -0.3 is 0 Å². The number of nitrogens with zero attached hydrogens (tertiary/aromatic N) is 2. The lowest BCUT2D eigenvalue weighted by Crippen LogP contribution is -2.01. The molecule has 1 heterocycles. The van der Waals surface area contributed by atoms with Gasteiger partial charge in [0.1, 0.15) is 0 Å². The standard InChI is InChI=1S/C18H16N2O/c1-2-14-7-6-8-15(11-14)18(21)16-12-19-20(13-16)17-9-4-3-5-10-17/h3-13H,2H2,1H3. The summed E-state index contributed by atoms with van der Waals surface area (Å²) in [6, 6.07) is 17.5. The molecular weight excluding hydrogens is 260 g/mol. The number of aryl methyl sites for hydroxylation is 1. The summed E-state index contributed by atoms with van der Waals surface area (Å²) in [6.45, 7) is 2.08. The highest BCUT2D eigenvalue weighted by Gasteiger charge is 2.12. The minimum absolute atomic E-state index is 0.00693. The van der Waals surface area contributed by atoms with Gasteiger partial charge in [-0.25, -0.2) is 4.68 Å². The van der Waals surface area contributed by atoms with E-state index in [4.69, 9.17) is 0 Å². The molecule has 0 saturated heterocycles. The predicted octanol–water partition coefficient (Wildman–Crippen LogP) is 3.67. The van der Waals surface area contributed by atoms with E-state index in [1.165, 1.54) is 0 Å². The van der Waals surface area contributed by atoms with Crippen molar-refractivity contribution >= 4 is 5.78 Å². The molecule has 0 amide bonds. The van der Waals surface area contributed by atoms with Gasteiger partial charge in [0.05, 0.1) is 17.4 Å². The van der Waals surface area contributed by atoms with Crippen LogP contribution < -0.4 is 0 Å². The lowest BCUT2D eigenvalue weighted by Gasteiger charge is -2.01. The summed E-state index contributed by atoms with van der Waals surface area (Å²) < 4.78 is 1.72. The van der Waals surface area contributed by atoms with Crippen LogP contribution in [0.1, 0.15) is 28.4 Å². The highest BCUT2D eigenvalue weighted by molar-refractivity contribution is 6.08. The van der Waals surface area contributed by atoms with Crippen molar-refractivity contribution in [2.75, 3.05) is 0 Å². The number of benzene rings is 2. The lowest BCUT2D eigenvalue weighted by molar-refractivity contribution is 0.103. The first-order valence-corrected chi connectivity index (χ1v) is 7.01. The van der Waals surface area contributed by atoms with E-state index in [1.807, 2.05) is 54.6 Å². The molecule has 3 nitrogen and oxygen atoms in total. The number of carbonyl (C=O) groups is 1. The van der Waals surface area contributed by atoms with Crippen LogP contribution in [0.2, 0.25) is 0 Å². The van der Waals surface area contributed by atoms with E-state index in [0.29, 0.717) is 11.1 Å². The van der Waals surface area contributed by atoms with E-state index in [2.05, 4.69) is 12.0 Å². The average molecular weight is 276 g/mol. The predicted molar refractivity (Wildman–Crippen MR) is 82.8 cm³/mol. The Morgan fingerprint density at radius 1 is 1.05 bits per heavy atom. The van der Waals surface area contributed by atoms with Gasteiger partial charge in [0.15, 0.2) is 5.78 Å². The topological polar surface area (TPSA) is 34.9 Å². The first-order chi connectivity index (χ1) is 10.3. The maximum Gasteiger partial charge on any atom is 0.196 e. The summed E-state index contributed by atoms with van der Waals surface area (Å²) in [7, 11) is 0. The molecule has 0 spiro atoms. The van der Waals surface area contributed by atoms with E-state index < -0.39 is 0 Å². The van der Waals surface area contributed by atoms with Crippen LogP contribution in [-0.2, 0) is 6.42 Å². The van der Waals surface area contributed by atoms with Gasteiger partial charge in [0, 0.05) is 11.8 Å². The van der Waals surface area contributed by atoms with Crippen LogP contribution in [0.4, 0.5) is 0 Å². The van der Waals surface area contributed by atoms with Gasteiger partial charge in [-0.1, -0.05) is 43.3 Å². The molecule has 0 aliphatic rings. The van der Waals surface area contributed by atoms with Crippen LogP contribution in [0.25, 0.3) is 5.69 Å². The third kappa shape index (κ3) is 2.77. The molecule has 0 atom stereocenters. The monoisotopic (exact) mass is 276 g/mol. The van der Waals surface area contributed by atoms with Crippen molar-refractivity contribution in [2.45, 2.75) is 13.3 Å². The number of ketones is 1. The van der Waals surface area contributed by atoms with Crippen LogP contribution in [0.5, 0.6) is 0 Å². The Kier molecular flexibility index (Phi) is 3.65. The zero-order valence-electron chi connectivity index (χ0n) is 11.9. The number of para-hydroxylation sites is 1. The summed E-state index contributed by atoms with van der Waals surface area (Å²) in [5.74, 6) is 0.00693. The molecule has 0 aliphatic carbocycles. The van der Waals surface area contributed by atoms with Crippen molar-refractivity contribution in [2.24, 2.45) is 0 Å². The van der Waals surface area contributed by atoms with Crippen LogP contribution >= 0.6 is 0 Å². The summed E-state index contributed by atoms with van der Waals surface area (Å²) >= 11 is 0. The van der Waals surface area contributed by atoms with Gasteiger partial charge in [0.25, 0.3) is 0 Å².